The normalized spacial score (nSPS) is 10.9. The van der Waals surface area contributed by atoms with Crippen molar-refractivity contribution in [2.24, 2.45) is 0 Å². The number of ether oxygens (including phenoxy) is 1. The van der Waals surface area contributed by atoms with Gasteiger partial charge in [-0.05, 0) is 11.6 Å². The van der Waals surface area contributed by atoms with Gasteiger partial charge >= 0.3 is 0 Å². The molecule has 3 rings (SSSR count). The fourth-order valence-electron chi connectivity index (χ4n) is 2.01. The van der Waals surface area contributed by atoms with E-state index in [-0.39, 0.29) is 0 Å². The van der Waals surface area contributed by atoms with Crippen molar-refractivity contribution in [3.05, 3.63) is 72.4 Å². The smallest absolute Gasteiger partial charge is 0.123 e. The van der Waals surface area contributed by atoms with E-state index in [0.717, 1.165) is 10.9 Å². The third-order valence-corrected chi connectivity index (χ3v) is 2.93. The first kappa shape index (κ1) is 11.1. The Balaban J connectivity index is 1.67. The van der Waals surface area contributed by atoms with Gasteiger partial charge in [-0.1, -0.05) is 48.5 Å². The second-order valence-corrected chi connectivity index (χ2v) is 4.22. The van der Waals surface area contributed by atoms with Crippen molar-refractivity contribution in [2.45, 2.75) is 13.3 Å². The molecule has 0 saturated carbocycles. The molecular formula is C16H14NO. The number of benzene rings is 2. The summed E-state index contributed by atoms with van der Waals surface area (Å²) in [6, 6.07) is 21.6. The average Bonchev–Trinajstić information content (AvgIpc) is 2.84. The molecule has 0 spiro atoms. The lowest BCUT2D eigenvalue weighted by Crippen LogP contribution is -2.01. The molecule has 0 fully saturated rings. The van der Waals surface area contributed by atoms with Crippen LogP contribution >= 0.6 is 0 Å². The zero-order chi connectivity index (χ0) is 12.2. The number of hydrogen-bond donors (Lipinski definition) is 0. The Bertz CT molecular complexity index is 628. The monoisotopic (exact) mass is 236 g/mol. The Hall–Kier alpha value is -2.06. The fourth-order valence-corrected chi connectivity index (χ4v) is 2.01. The molecule has 2 nitrogen and oxygen atoms in total. The predicted molar refractivity (Wildman–Crippen MR) is 72.0 cm³/mol. The average molecular weight is 236 g/mol. The summed E-state index contributed by atoms with van der Waals surface area (Å²) >= 11 is 0. The van der Waals surface area contributed by atoms with Crippen molar-refractivity contribution in [3.8, 4) is 0 Å². The first-order valence-electron chi connectivity index (χ1n) is 6.01. The molecule has 0 unspecified atom stereocenters. The van der Waals surface area contributed by atoms with E-state index in [0.29, 0.717) is 13.3 Å². The van der Waals surface area contributed by atoms with Crippen molar-refractivity contribution in [2.75, 3.05) is 0 Å². The molecule has 0 N–H and O–H groups in total. The molecule has 0 aliphatic heterocycles. The molecule has 0 aliphatic rings. The van der Waals surface area contributed by atoms with Crippen LogP contribution in [-0.2, 0) is 18.1 Å². The van der Waals surface area contributed by atoms with E-state index in [4.69, 9.17) is 4.74 Å². The third-order valence-electron chi connectivity index (χ3n) is 2.93. The Morgan fingerprint density at radius 1 is 0.944 bits per heavy atom. The second kappa shape index (κ2) is 5.07. The van der Waals surface area contributed by atoms with E-state index in [1.807, 2.05) is 36.5 Å². The first-order valence-corrected chi connectivity index (χ1v) is 6.01. The Kier molecular flexibility index (Phi) is 3.11. The van der Waals surface area contributed by atoms with E-state index in [1.165, 1.54) is 5.56 Å². The van der Waals surface area contributed by atoms with Crippen molar-refractivity contribution < 1.29 is 4.74 Å². The number of para-hydroxylation sites is 1. The van der Waals surface area contributed by atoms with Gasteiger partial charge in [0.15, 0.2) is 0 Å². The van der Waals surface area contributed by atoms with Crippen LogP contribution in [0.25, 0.3) is 10.9 Å². The molecular weight excluding hydrogens is 222 g/mol. The van der Waals surface area contributed by atoms with Crippen molar-refractivity contribution in [3.63, 3.8) is 0 Å². The quantitative estimate of drug-likeness (QED) is 0.675. The van der Waals surface area contributed by atoms with Crippen LogP contribution in [0.3, 0.4) is 0 Å². The fraction of sp³-hybridized carbons (Fsp3) is 0.125. The highest BCUT2D eigenvalue weighted by Crippen LogP contribution is 2.14. The molecule has 0 saturated heterocycles. The van der Waals surface area contributed by atoms with Gasteiger partial charge in [0.2, 0.25) is 0 Å². The van der Waals surface area contributed by atoms with Crippen molar-refractivity contribution in [1.82, 2.24) is 4.57 Å². The molecule has 0 amide bonds. The van der Waals surface area contributed by atoms with Gasteiger partial charge in [0.05, 0.1) is 12.1 Å². The molecule has 1 aromatic heterocycles. The Labute approximate surface area is 106 Å². The highest BCUT2D eigenvalue weighted by Gasteiger charge is 1.99. The highest BCUT2D eigenvalue weighted by atomic mass is 16.5. The van der Waals surface area contributed by atoms with Crippen LogP contribution in [0.15, 0.2) is 60.8 Å². The maximum atomic E-state index is 5.72. The van der Waals surface area contributed by atoms with E-state index < -0.39 is 0 Å². The van der Waals surface area contributed by atoms with Crippen LogP contribution in [0.4, 0.5) is 0 Å². The molecule has 1 radical (unpaired) electrons. The molecule has 2 heteroatoms. The van der Waals surface area contributed by atoms with E-state index in [9.17, 15) is 0 Å². The number of nitrogens with zero attached hydrogens (tertiary/aromatic N) is 1. The summed E-state index contributed by atoms with van der Waals surface area (Å²) in [4.78, 5) is 0. The van der Waals surface area contributed by atoms with Gasteiger partial charge in [0.25, 0.3) is 0 Å². The van der Waals surface area contributed by atoms with Gasteiger partial charge in [0, 0.05) is 17.6 Å². The number of fused-ring (bicyclic) bond motifs is 1. The second-order valence-electron chi connectivity index (χ2n) is 4.22. The SMILES string of the molecule is [c]1cn(COCc2ccccc2)c2ccccc12. The maximum Gasteiger partial charge on any atom is 0.123 e. The standard InChI is InChI=1S/C16H14NO/c1-2-6-14(7-3-1)12-18-13-17-11-10-15-8-4-5-9-16(15)17/h1-9,11H,12-13H2. The van der Waals surface area contributed by atoms with Crippen LogP contribution in [0.2, 0.25) is 0 Å². The third kappa shape index (κ3) is 2.29. The molecule has 0 atom stereocenters. The molecule has 0 bridgehead atoms. The molecule has 1 heterocycles. The minimum absolute atomic E-state index is 0.554. The summed E-state index contributed by atoms with van der Waals surface area (Å²) in [5.74, 6) is 0. The predicted octanol–water partition coefficient (Wildman–Crippen LogP) is 3.62. The molecule has 18 heavy (non-hydrogen) atoms. The van der Waals surface area contributed by atoms with Gasteiger partial charge < -0.3 is 9.30 Å². The van der Waals surface area contributed by atoms with Crippen LogP contribution in [0.1, 0.15) is 5.56 Å². The highest BCUT2D eigenvalue weighted by molar-refractivity contribution is 5.79. The lowest BCUT2D eigenvalue weighted by molar-refractivity contribution is 0.0668. The number of hydrogen-bond acceptors (Lipinski definition) is 1. The minimum Gasteiger partial charge on any atom is -0.356 e. The zero-order valence-corrected chi connectivity index (χ0v) is 10.0. The number of aromatic nitrogens is 1. The lowest BCUT2D eigenvalue weighted by Gasteiger charge is -2.07. The van der Waals surface area contributed by atoms with E-state index in [1.54, 1.807) is 0 Å². The lowest BCUT2D eigenvalue weighted by atomic mass is 10.2. The molecule has 0 aliphatic carbocycles. The summed E-state index contributed by atoms with van der Waals surface area (Å²) in [6.07, 6.45) is 1.94. The van der Waals surface area contributed by atoms with Gasteiger partial charge in [-0.3, -0.25) is 0 Å². The van der Waals surface area contributed by atoms with Gasteiger partial charge in [0.1, 0.15) is 6.73 Å². The van der Waals surface area contributed by atoms with Gasteiger partial charge in [-0.15, -0.1) is 0 Å². The maximum absolute atomic E-state index is 5.72. The topological polar surface area (TPSA) is 14.2 Å². The summed E-state index contributed by atoms with van der Waals surface area (Å²) < 4.78 is 7.78. The van der Waals surface area contributed by atoms with E-state index >= 15 is 0 Å². The summed E-state index contributed by atoms with van der Waals surface area (Å²) in [6.45, 7) is 1.19. The van der Waals surface area contributed by atoms with Crippen LogP contribution in [0, 0.1) is 6.07 Å². The summed E-state index contributed by atoms with van der Waals surface area (Å²) in [5, 5.41) is 1.13. The van der Waals surface area contributed by atoms with Crippen molar-refractivity contribution in [1.29, 1.82) is 0 Å². The summed E-state index contributed by atoms with van der Waals surface area (Å²) in [5.41, 5.74) is 2.35. The molecule has 89 valence electrons. The molecule has 2 aromatic carbocycles. The number of rotatable bonds is 4. The van der Waals surface area contributed by atoms with Crippen molar-refractivity contribution >= 4 is 10.9 Å². The zero-order valence-electron chi connectivity index (χ0n) is 10.0. The van der Waals surface area contributed by atoms with E-state index in [2.05, 4.69) is 34.9 Å². The van der Waals surface area contributed by atoms with Crippen LogP contribution in [0.5, 0.6) is 0 Å². The minimum atomic E-state index is 0.554. The Morgan fingerprint density at radius 3 is 2.61 bits per heavy atom. The first-order chi connectivity index (χ1) is 8.93. The largest absolute Gasteiger partial charge is 0.356 e. The van der Waals surface area contributed by atoms with Crippen LogP contribution < -0.4 is 0 Å². The Morgan fingerprint density at radius 2 is 1.72 bits per heavy atom. The molecule has 3 aromatic rings. The van der Waals surface area contributed by atoms with Crippen LogP contribution in [-0.4, -0.2) is 4.57 Å². The van der Waals surface area contributed by atoms with Gasteiger partial charge in [-0.25, -0.2) is 0 Å². The van der Waals surface area contributed by atoms with Gasteiger partial charge in [-0.2, -0.15) is 0 Å². The summed E-state index contributed by atoms with van der Waals surface area (Å²) in [7, 11) is 0.